The summed E-state index contributed by atoms with van der Waals surface area (Å²) in [6.45, 7) is 2.04. The SMILES string of the molecule is Cc1cnc2c3cc(N(c4ccccc4)c4cc5cccc6ccc7cccc4c7c65)ccc3c3ccc(N(c4ccccc4)c4cc5cccc6ccc7cccc4c7c65)cc3c2n1. The lowest BCUT2D eigenvalue weighted by Gasteiger charge is -2.29. The molecule has 0 aliphatic heterocycles. The summed E-state index contributed by atoms with van der Waals surface area (Å²) in [7, 11) is 0. The Morgan fingerprint density at radius 1 is 0.308 bits per heavy atom. The number of rotatable bonds is 6. The molecule has 13 aromatic carbocycles. The Kier molecular flexibility index (Phi) is 7.57. The molecule has 0 aliphatic carbocycles. The maximum absolute atomic E-state index is 5.30. The van der Waals surface area contributed by atoms with Gasteiger partial charge in [0.05, 0.1) is 28.1 Å². The molecule has 4 heteroatoms. The first kappa shape index (κ1) is 35.9. The first-order valence-corrected chi connectivity index (χ1v) is 22.3. The van der Waals surface area contributed by atoms with Gasteiger partial charge in [-0.05, 0) is 132 Å². The highest BCUT2D eigenvalue weighted by Crippen LogP contribution is 2.49. The van der Waals surface area contributed by atoms with E-state index in [2.05, 4.69) is 216 Å². The molecule has 14 aromatic rings. The number of nitrogens with zero attached hydrogens (tertiary/aromatic N) is 4. The highest BCUT2D eigenvalue weighted by Gasteiger charge is 2.23. The van der Waals surface area contributed by atoms with E-state index in [1.165, 1.54) is 64.6 Å². The van der Waals surface area contributed by atoms with E-state index in [1.54, 1.807) is 0 Å². The molecule has 0 atom stereocenters. The van der Waals surface area contributed by atoms with Crippen LogP contribution in [-0.2, 0) is 0 Å². The van der Waals surface area contributed by atoms with Crippen molar-refractivity contribution in [1.29, 1.82) is 0 Å². The molecule has 0 N–H and O–H groups in total. The summed E-state index contributed by atoms with van der Waals surface area (Å²) in [6, 6.07) is 75.7. The van der Waals surface area contributed by atoms with Gasteiger partial charge in [-0.3, -0.25) is 4.98 Å². The van der Waals surface area contributed by atoms with Crippen LogP contribution in [-0.4, -0.2) is 9.97 Å². The van der Waals surface area contributed by atoms with E-state index in [4.69, 9.17) is 9.97 Å². The fourth-order valence-corrected chi connectivity index (χ4v) is 10.9. The monoisotopic (exact) mass is 826 g/mol. The van der Waals surface area contributed by atoms with Crippen LogP contribution in [0, 0.1) is 6.92 Å². The molecule has 1 heterocycles. The lowest BCUT2D eigenvalue weighted by Crippen LogP contribution is -2.11. The van der Waals surface area contributed by atoms with Crippen LogP contribution in [0.25, 0.3) is 97.2 Å². The van der Waals surface area contributed by atoms with Crippen molar-refractivity contribution in [2.45, 2.75) is 6.92 Å². The lowest BCUT2D eigenvalue weighted by atomic mass is 9.92. The standard InChI is InChI=1S/C61H38N4/c1-37-36-62-60-52-34-46(64(44-18-4-2-5-19-44)54-32-42-16-8-12-38-24-26-40-14-10-22-50(54)58(40)56(38)42)28-30-48(52)49-31-29-47(35-53(49)61(60)63-37)65(45-20-6-3-7-21-45)55-33-43-17-9-13-39-25-27-41-15-11-23-51(55)59(41)57(39)43/h2-36H,1H3. The van der Waals surface area contributed by atoms with Crippen molar-refractivity contribution >= 4 is 131 Å². The Labute approximate surface area is 374 Å². The van der Waals surface area contributed by atoms with Crippen LogP contribution in [0.5, 0.6) is 0 Å². The second-order valence-corrected chi connectivity index (χ2v) is 17.4. The fourth-order valence-electron chi connectivity index (χ4n) is 10.9. The van der Waals surface area contributed by atoms with E-state index < -0.39 is 0 Å². The summed E-state index contributed by atoms with van der Waals surface area (Å²) < 4.78 is 0. The zero-order chi connectivity index (χ0) is 42.8. The van der Waals surface area contributed by atoms with Gasteiger partial charge >= 0.3 is 0 Å². The van der Waals surface area contributed by atoms with Crippen molar-refractivity contribution in [1.82, 2.24) is 9.97 Å². The Morgan fingerprint density at radius 2 is 0.738 bits per heavy atom. The van der Waals surface area contributed by atoms with Crippen LogP contribution in [0.3, 0.4) is 0 Å². The molecule has 0 amide bonds. The minimum Gasteiger partial charge on any atom is -0.310 e. The maximum Gasteiger partial charge on any atom is 0.0975 e. The van der Waals surface area contributed by atoms with Gasteiger partial charge in [0.25, 0.3) is 0 Å². The number of aryl methyl sites for hydroxylation is 1. The molecule has 0 aliphatic rings. The zero-order valence-electron chi connectivity index (χ0n) is 35.5. The van der Waals surface area contributed by atoms with Crippen molar-refractivity contribution in [2.75, 3.05) is 9.80 Å². The third-order valence-corrected chi connectivity index (χ3v) is 13.7. The van der Waals surface area contributed by atoms with Gasteiger partial charge in [0.15, 0.2) is 0 Å². The van der Waals surface area contributed by atoms with Crippen LogP contribution >= 0.6 is 0 Å². The summed E-state index contributed by atoms with van der Waals surface area (Å²) in [5.41, 5.74) is 9.22. The first-order valence-electron chi connectivity index (χ1n) is 22.3. The lowest BCUT2D eigenvalue weighted by molar-refractivity contribution is 1.19. The normalized spacial score (nSPS) is 12.1. The van der Waals surface area contributed by atoms with Crippen LogP contribution in [0.2, 0.25) is 0 Å². The number of fused-ring (bicyclic) bond motifs is 6. The summed E-state index contributed by atoms with van der Waals surface area (Å²) in [5.74, 6) is 0. The molecule has 0 radical (unpaired) electrons. The number of benzene rings is 13. The predicted molar refractivity (Wildman–Crippen MR) is 276 cm³/mol. The fraction of sp³-hybridized carbons (Fsp3) is 0.0164. The van der Waals surface area contributed by atoms with Crippen molar-refractivity contribution in [3.05, 3.63) is 218 Å². The molecule has 0 saturated heterocycles. The minimum absolute atomic E-state index is 0.880. The van der Waals surface area contributed by atoms with Crippen LogP contribution in [0.15, 0.2) is 212 Å². The molecular formula is C61H38N4. The zero-order valence-corrected chi connectivity index (χ0v) is 35.5. The summed E-state index contributed by atoms with van der Waals surface area (Å²) in [6.07, 6.45) is 1.91. The highest BCUT2D eigenvalue weighted by molar-refractivity contribution is 6.29. The van der Waals surface area contributed by atoms with E-state index in [-0.39, 0.29) is 0 Å². The van der Waals surface area contributed by atoms with Crippen LogP contribution in [0.4, 0.5) is 34.1 Å². The molecule has 0 fully saturated rings. The molecule has 0 bridgehead atoms. The number of anilines is 6. The van der Waals surface area contributed by atoms with Gasteiger partial charge in [0.2, 0.25) is 0 Å². The summed E-state index contributed by atoms with van der Waals surface area (Å²) in [5, 5.41) is 19.5. The van der Waals surface area contributed by atoms with Gasteiger partial charge in [0.1, 0.15) is 0 Å². The maximum atomic E-state index is 5.30. The van der Waals surface area contributed by atoms with E-state index >= 15 is 0 Å². The molecule has 1 aromatic heterocycles. The molecule has 65 heavy (non-hydrogen) atoms. The Balaban J connectivity index is 1.01. The third kappa shape index (κ3) is 5.32. The number of hydrogen-bond donors (Lipinski definition) is 0. The quantitative estimate of drug-likeness (QED) is 0.156. The summed E-state index contributed by atoms with van der Waals surface area (Å²) >= 11 is 0. The first-order chi connectivity index (χ1) is 32.1. The molecule has 302 valence electrons. The molecule has 4 nitrogen and oxygen atoms in total. The van der Waals surface area contributed by atoms with Gasteiger partial charge < -0.3 is 9.80 Å². The van der Waals surface area contributed by atoms with Crippen LogP contribution in [0.1, 0.15) is 5.69 Å². The van der Waals surface area contributed by atoms with Gasteiger partial charge in [-0.2, -0.15) is 0 Å². The van der Waals surface area contributed by atoms with Crippen molar-refractivity contribution < 1.29 is 0 Å². The number of aromatic nitrogens is 2. The Bertz CT molecular complexity index is 4200. The van der Waals surface area contributed by atoms with Crippen LogP contribution < -0.4 is 9.80 Å². The average Bonchev–Trinajstić information content (AvgIpc) is 3.36. The van der Waals surface area contributed by atoms with E-state index in [1.807, 2.05) is 13.1 Å². The van der Waals surface area contributed by atoms with E-state index in [9.17, 15) is 0 Å². The predicted octanol–water partition coefficient (Wildman–Crippen LogP) is 17.0. The average molecular weight is 827 g/mol. The molecule has 0 unspecified atom stereocenters. The van der Waals surface area contributed by atoms with Gasteiger partial charge in [-0.1, -0.05) is 146 Å². The van der Waals surface area contributed by atoms with Crippen molar-refractivity contribution in [2.24, 2.45) is 0 Å². The highest BCUT2D eigenvalue weighted by atomic mass is 15.1. The number of para-hydroxylation sites is 2. The molecule has 14 rings (SSSR count). The smallest absolute Gasteiger partial charge is 0.0975 e. The summed E-state index contributed by atoms with van der Waals surface area (Å²) in [4.78, 5) is 15.3. The molecule has 0 saturated carbocycles. The van der Waals surface area contributed by atoms with E-state index in [0.717, 1.165) is 72.4 Å². The van der Waals surface area contributed by atoms with E-state index in [0.29, 0.717) is 0 Å². The molecule has 0 spiro atoms. The second-order valence-electron chi connectivity index (χ2n) is 17.4. The molecular weight excluding hydrogens is 789 g/mol. The van der Waals surface area contributed by atoms with Gasteiger partial charge in [0, 0.05) is 50.5 Å². The largest absolute Gasteiger partial charge is 0.310 e. The minimum atomic E-state index is 0.880. The van der Waals surface area contributed by atoms with Crippen molar-refractivity contribution in [3.8, 4) is 0 Å². The Hall–Kier alpha value is -8.60. The number of hydrogen-bond acceptors (Lipinski definition) is 4. The van der Waals surface area contributed by atoms with Crippen molar-refractivity contribution in [3.63, 3.8) is 0 Å². The Morgan fingerprint density at radius 3 is 1.23 bits per heavy atom. The van der Waals surface area contributed by atoms with Gasteiger partial charge in [-0.15, -0.1) is 0 Å². The topological polar surface area (TPSA) is 32.3 Å². The third-order valence-electron chi connectivity index (χ3n) is 13.7. The second kappa shape index (κ2) is 13.7. The van der Waals surface area contributed by atoms with Gasteiger partial charge in [-0.25, -0.2) is 4.98 Å².